The lowest BCUT2D eigenvalue weighted by Crippen LogP contribution is -2.29. The number of benzene rings is 2. The van der Waals surface area contributed by atoms with Gasteiger partial charge in [0, 0.05) is 23.2 Å². The number of amides is 1. The van der Waals surface area contributed by atoms with Crippen LogP contribution < -0.4 is 10.9 Å². The maximum Gasteiger partial charge on any atom is 0.269 e. The smallest absolute Gasteiger partial charge is 0.269 e. The van der Waals surface area contributed by atoms with E-state index < -0.39 is 4.92 Å². The zero-order valence-corrected chi connectivity index (χ0v) is 18.9. The van der Waals surface area contributed by atoms with E-state index in [1.165, 1.54) is 29.2 Å². The molecule has 0 spiro atoms. The maximum absolute atomic E-state index is 12.8. The fourth-order valence-corrected chi connectivity index (χ4v) is 3.61. The minimum absolute atomic E-state index is 0.0203. The molecule has 0 aliphatic carbocycles. The molecule has 2 aromatic carbocycles. The van der Waals surface area contributed by atoms with Crippen LogP contribution in [0.3, 0.4) is 0 Å². The van der Waals surface area contributed by atoms with E-state index in [1.54, 1.807) is 16.8 Å². The third kappa shape index (κ3) is 5.32. The van der Waals surface area contributed by atoms with Gasteiger partial charge in [0.1, 0.15) is 11.7 Å². The predicted octanol–water partition coefficient (Wildman–Crippen LogP) is 2.67. The van der Waals surface area contributed by atoms with Crippen LogP contribution in [0.4, 0.5) is 5.69 Å². The lowest BCUT2D eigenvalue weighted by atomic mass is 10.1. The summed E-state index contributed by atoms with van der Waals surface area (Å²) in [7, 11) is 0. The molecular formula is C22H19BrN6O4. The molecule has 0 bridgehead atoms. The number of nitrogens with zero attached hydrogens (tertiary/aromatic N) is 5. The molecule has 0 saturated carbocycles. The Morgan fingerprint density at radius 3 is 2.48 bits per heavy atom. The highest BCUT2D eigenvalue weighted by molar-refractivity contribution is 9.10. The van der Waals surface area contributed by atoms with E-state index in [-0.39, 0.29) is 23.6 Å². The van der Waals surface area contributed by atoms with Gasteiger partial charge < -0.3 is 5.32 Å². The number of halogens is 1. The van der Waals surface area contributed by atoms with E-state index in [9.17, 15) is 19.7 Å². The first-order valence-corrected chi connectivity index (χ1v) is 10.9. The summed E-state index contributed by atoms with van der Waals surface area (Å²) in [5.41, 5.74) is 1.90. The van der Waals surface area contributed by atoms with Crippen molar-refractivity contribution in [1.82, 2.24) is 24.6 Å². The zero-order chi connectivity index (χ0) is 23.4. The van der Waals surface area contributed by atoms with Crippen molar-refractivity contribution >= 4 is 38.6 Å². The molecule has 168 valence electrons. The van der Waals surface area contributed by atoms with E-state index in [0.29, 0.717) is 36.2 Å². The molecule has 0 unspecified atom stereocenters. The van der Waals surface area contributed by atoms with Crippen molar-refractivity contribution in [2.75, 3.05) is 6.54 Å². The monoisotopic (exact) mass is 510 g/mol. The number of carbonyl (C=O) groups is 1. The van der Waals surface area contributed by atoms with Crippen LogP contribution in [0, 0.1) is 10.1 Å². The molecule has 0 aliphatic heterocycles. The Balaban J connectivity index is 1.36. The second kappa shape index (κ2) is 9.74. The van der Waals surface area contributed by atoms with Crippen molar-refractivity contribution in [3.05, 3.63) is 97.1 Å². The first-order chi connectivity index (χ1) is 15.9. The third-order valence-electron chi connectivity index (χ3n) is 5.05. The molecule has 0 saturated heterocycles. The summed E-state index contributed by atoms with van der Waals surface area (Å²) >= 11 is 3.39. The van der Waals surface area contributed by atoms with Gasteiger partial charge in [-0.1, -0.05) is 40.2 Å². The van der Waals surface area contributed by atoms with Crippen LogP contribution in [-0.4, -0.2) is 36.7 Å². The van der Waals surface area contributed by atoms with Crippen molar-refractivity contribution in [2.45, 2.75) is 19.5 Å². The summed E-state index contributed by atoms with van der Waals surface area (Å²) < 4.78 is 4.07. The molecule has 0 fully saturated rings. The Bertz CT molecular complexity index is 1360. The maximum atomic E-state index is 12.8. The van der Waals surface area contributed by atoms with E-state index in [2.05, 4.69) is 31.3 Å². The van der Waals surface area contributed by atoms with Gasteiger partial charge in [-0.05, 0) is 23.3 Å². The zero-order valence-electron chi connectivity index (χ0n) is 17.3. The van der Waals surface area contributed by atoms with Crippen LogP contribution in [0.25, 0.3) is 11.0 Å². The highest BCUT2D eigenvalue weighted by atomic mass is 79.9. The van der Waals surface area contributed by atoms with Crippen LogP contribution >= 0.6 is 15.9 Å². The first-order valence-electron chi connectivity index (χ1n) is 10.1. The fourth-order valence-electron chi connectivity index (χ4n) is 3.34. The minimum atomic E-state index is -0.484. The summed E-state index contributed by atoms with van der Waals surface area (Å²) in [5, 5.41) is 18.1. The molecule has 2 aromatic heterocycles. The SMILES string of the molecule is O=C(Cc1ccc([N+](=O)[O-])cc1)NCCn1ncc2c(=O)n(Cc3ccc(Br)cc3)cnc21. The van der Waals surface area contributed by atoms with E-state index in [4.69, 9.17) is 0 Å². The van der Waals surface area contributed by atoms with Crippen LogP contribution in [0.15, 0.2) is 70.3 Å². The van der Waals surface area contributed by atoms with E-state index in [1.807, 2.05) is 24.3 Å². The minimum Gasteiger partial charge on any atom is -0.354 e. The molecule has 1 N–H and O–H groups in total. The molecule has 4 aromatic rings. The summed E-state index contributed by atoms with van der Waals surface area (Å²) in [6.45, 7) is 1.05. The molecule has 2 heterocycles. The van der Waals surface area contributed by atoms with Gasteiger partial charge in [0.2, 0.25) is 5.91 Å². The Morgan fingerprint density at radius 2 is 1.79 bits per heavy atom. The highest BCUT2D eigenvalue weighted by Gasteiger charge is 2.11. The summed E-state index contributed by atoms with van der Waals surface area (Å²) in [5.74, 6) is -0.217. The highest BCUT2D eigenvalue weighted by Crippen LogP contribution is 2.13. The Kier molecular flexibility index (Phi) is 6.59. The van der Waals surface area contributed by atoms with E-state index >= 15 is 0 Å². The molecule has 1 amide bonds. The van der Waals surface area contributed by atoms with Gasteiger partial charge >= 0.3 is 0 Å². The largest absolute Gasteiger partial charge is 0.354 e. The average Bonchev–Trinajstić information content (AvgIpc) is 3.21. The summed E-state index contributed by atoms with van der Waals surface area (Å²) in [6.07, 6.45) is 3.09. The topological polar surface area (TPSA) is 125 Å². The lowest BCUT2D eigenvalue weighted by molar-refractivity contribution is -0.384. The van der Waals surface area contributed by atoms with Crippen LogP contribution in [-0.2, 0) is 24.3 Å². The molecule has 4 rings (SSSR count). The van der Waals surface area contributed by atoms with Crippen molar-refractivity contribution in [3.63, 3.8) is 0 Å². The van der Waals surface area contributed by atoms with Gasteiger partial charge in [0.15, 0.2) is 5.65 Å². The number of nitro benzene ring substituents is 1. The summed E-state index contributed by atoms with van der Waals surface area (Å²) in [6, 6.07) is 13.6. The molecule has 0 radical (unpaired) electrons. The predicted molar refractivity (Wildman–Crippen MR) is 125 cm³/mol. The van der Waals surface area contributed by atoms with Gasteiger partial charge in [-0.15, -0.1) is 0 Å². The number of hydrogen-bond donors (Lipinski definition) is 1. The number of rotatable bonds is 8. The van der Waals surface area contributed by atoms with Crippen LogP contribution in [0.5, 0.6) is 0 Å². The molecule has 0 atom stereocenters. The van der Waals surface area contributed by atoms with Crippen molar-refractivity contribution in [1.29, 1.82) is 0 Å². The second-order valence-electron chi connectivity index (χ2n) is 7.36. The van der Waals surface area contributed by atoms with Crippen LogP contribution in [0.1, 0.15) is 11.1 Å². The van der Waals surface area contributed by atoms with Crippen molar-refractivity contribution in [2.24, 2.45) is 0 Å². The number of carbonyl (C=O) groups excluding carboxylic acids is 1. The average molecular weight is 511 g/mol. The lowest BCUT2D eigenvalue weighted by Gasteiger charge is -2.08. The normalized spacial score (nSPS) is 10.9. The van der Waals surface area contributed by atoms with Crippen LogP contribution in [0.2, 0.25) is 0 Å². The number of fused-ring (bicyclic) bond motifs is 1. The second-order valence-corrected chi connectivity index (χ2v) is 8.28. The molecule has 33 heavy (non-hydrogen) atoms. The third-order valence-corrected chi connectivity index (χ3v) is 5.57. The first kappa shape index (κ1) is 22.3. The van der Waals surface area contributed by atoms with Gasteiger partial charge in [0.05, 0.1) is 30.6 Å². The quantitative estimate of drug-likeness (QED) is 0.287. The fraction of sp³-hybridized carbons (Fsp3) is 0.182. The molecule has 0 aliphatic rings. The van der Waals surface area contributed by atoms with Gasteiger partial charge in [-0.25, -0.2) is 9.67 Å². The summed E-state index contributed by atoms with van der Waals surface area (Å²) in [4.78, 5) is 39.6. The Labute approximate surface area is 196 Å². The van der Waals surface area contributed by atoms with Gasteiger partial charge in [-0.2, -0.15) is 5.10 Å². The van der Waals surface area contributed by atoms with Gasteiger partial charge in [0.25, 0.3) is 11.2 Å². The van der Waals surface area contributed by atoms with Gasteiger partial charge in [-0.3, -0.25) is 24.3 Å². The number of nitro groups is 1. The Morgan fingerprint density at radius 1 is 1.09 bits per heavy atom. The number of hydrogen-bond acceptors (Lipinski definition) is 6. The number of nitrogens with one attached hydrogen (secondary N) is 1. The number of non-ortho nitro benzene ring substituents is 1. The Hall–Kier alpha value is -3.86. The molecule has 10 nitrogen and oxygen atoms in total. The van der Waals surface area contributed by atoms with Crippen molar-refractivity contribution < 1.29 is 9.72 Å². The standard InChI is InChI=1S/C22H19BrN6O4/c23-17-5-1-16(2-6-17)13-27-14-25-21-19(22(27)31)12-26-28(21)10-9-24-20(30)11-15-3-7-18(8-4-15)29(32)33/h1-8,12,14H,9-11,13H2,(H,24,30). The molecular weight excluding hydrogens is 492 g/mol. The number of aromatic nitrogens is 4. The molecule has 11 heteroatoms. The van der Waals surface area contributed by atoms with Crippen molar-refractivity contribution in [3.8, 4) is 0 Å². The van der Waals surface area contributed by atoms with E-state index in [0.717, 1.165) is 10.0 Å².